The monoisotopic (exact) mass is 267 g/mol. The summed E-state index contributed by atoms with van der Waals surface area (Å²) in [4.78, 5) is 4.65. The lowest BCUT2D eigenvalue weighted by Crippen LogP contribution is -1.96. The Kier molecular flexibility index (Phi) is 3.22. The van der Waals surface area contributed by atoms with Crippen LogP contribution in [0.25, 0.3) is 22.0 Å². The second kappa shape index (κ2) is 5.02. The van der Waals surface area contributed by atoms with E-state index in [9.17, 15) is 0 Å². The maximum Gasteiger partial charge on any atom is 0.0711 e. The average molecular weight is 268 g/mol. The Balaban J connectivity index is 2.43. The Morgan fingerprint density at radius 1 is 0.947 bits per heavy atom. The molecule has 0 fully saturated rings. The Labute approximate surface area is 117 Å². The quantitative estimate of drug-likeness (QED) is 0.599. The molecule has 3 aromatic rings. The van der Waals surface area contributed by atoms with Gasteiger partial charge in [-0.25, -0.2) is 0 Å². The van der Waals surface area contributed by atoms with Crippen LogP contribution in [0.4, 0.5) is 0 Å². The molecular weight excluding hydrogens is 254 g/mol. The molecule has 94 valence electrons. The maximum absolute atomic E-state index is 6.15. The highest BCUT2D eigenvalue weighted by Gasteiger charge is 2.12. The molecule has 0 bridgehead atoms. The summed E-state index contributed by atoms with van der Waals surface area (Å²) in [5.41, 5.74) is 5.55. The molecule has 0 aliphatic heterocycles. The van der Waals surface area contributed by atoms with Gasteiger partial charge >= 0.3 is 0 Å². The van der Waals surface area contributed by atoms with Crippen molar-refractivity contribution in [3.05, 3.63) is 65.9 Å². The van der Waals surface area contributed by atoms with Crippen molar-refractivity contribution in [1.29, 1.82) is 0 Å². The molecule has 0 aliphatic rings. The SMILES string of the molecule is Cc1nc2ccccc2c(-c2ccccc2)c1CCl. The summed E-state index contributed by atoms with van der Waals surface area (Å²) < 4.78 is 0. The molecule has 0 atom stereocenters. The number of aryl methyl sites for hydroxylation is 1. The largest absolute Gasteiger partial charge is 0.253 e. The highest BCUT2D eigenvalue weighted by Crippen LogP contribution is 2.33. The van der Waals surface area contributed by atoms with E-state index in [1.807, 2.05) is 31.2 Å². The molecule has 1 aromatic heterocycles. The van der Waals surface area contributed by atoms with Crippen LogP contribution in [0.3, 0.4) is 0 Å². The fraction of sp³-hybridized carbons (Fsp3) is 0.118. The zero-order valence-electron chi connectivity index (χ0n) is 10.7. The second-order valence-corrected chi connectivity index (χ2v) is 4.83. The van der Waals surface area contributed by atoms with Gasteiger partial charge in [0.15, 0.2) is 0 Å². The topological polar surface area (TPSA) is 12.9 Å². The lowest BCUT2D eigenvalue weighted by Gasteiger charge is -2.14. The lowest BCUT2D eigenvalue weighted by atomic mass is 9.95. The van der Waals surface area contributed by atoms with E-state index >= 15 is 0 Å². The number of hydrogen-bond donors (Lipinski definition) is 0. The highest BCUT2D eigenvalue weighted by atomic mass is 35.5. The molecule has 0 aliphatic carbocycles. The summed E-state index contributed by atoms with van der Waals surface area (Å²) in [6, 6.07) is 18.6. The number of para-hydroxylation sites is 1. The molecule has 2 heteroatoms. The first-order valence-electron chi connectivity index (χ1n) is 6.31. The molecule has 2 aromatic carbocycles. The minimum Gasteiger partial charge on any atom is -0.253 e. The number of nitrogens with zero attached hydrogens (tertiary/aromatic N) is 1. The van der Waals surface area contributed by atoms with Crippen LogP contribution < -0.4 is 0 Å². The normalized spacial score (nSPS) is 10.8. The lowest BCUT2D eigenvalue weighted by molar-refractivity contribution is 1.18. The van der Waals surface area contributed by atoms with Crippen molar-refractivity contribution in [3.63, 3.8) is 0 Å². The predicted octanol–water partition coefficient (Wildman–Crippen LogP) is 4.95. The molecule has 0 N–H and O–H groups in total. The second-order valence-electron chi connectivity index (χ2n) is 4.57. The van der Waals surface area contributed by atoms with Crippen molar-refractivity contribution in [2.24, 2.45) is 0 Å². The van der Waals surface area contributed by atoms with Crippen molar-refractivity contribution < 1.29 is 0 Å². The number of hydrogen-bond acceptors (Lipinski definition) is 1. The van der Waals surface area contributed by atoms with Gasteiger partial charge in [0.05, 0.1) is 5.52 Å². The van der Waals surface area contributed by atoms with Gasteiger partial charge in [0.2, 0.25) is 0 Å². The Bertz CT molecular complexity index is 720. The van der Waals surface area contributed by atoms with Gasteiger partial charge in [-0.1, -0.05) is 48.5 Å². The number of aromatic nitrogens is 1. The molecule has 0 amide bonds. The molecule has 1 heterocycles. The number of halogens is 1. The van der Waals surface area contributed by atoms with Gasteiger partial charge < -0.3 is 0 Å². The van der Waals surface area contributed by atoms with E-state index in [2.05, 4.69) is 35.3 Å². The van der Waals surface area contributed by atoms with Gasteiger partial charge in [-0.15, -0.1) is 11.6 Å². The van der Waals surface area contributed by atoms with E-state index in [0.29, 0.717) is 5.88 Å². The number of benzene rings is 2. The van der Waals surface area contributed by atoms with Gasteiger partial charge in [-0.05, 0) is 29.7 Å². The van der Waals surface area contributed by atoms with Crippen LogP contribution in [0.1, 0.15) is 11.3 Å². The molecule has 19 heavy (non-hydrogen) atoms. The van der Waals surface area contributed by atoms with Crippen LogP contribution >= 0.6 is 11.6 Å². The van der Waals surface area contributed by atoms with E-state index < -0.39 is 0 Å². The Morgan fingerprint density at radius 2 is 1.63 bits per heavy atom. The van der Waals surface area contributed by atoms with Crippen LogP contribution in [0.5, 0.6) is 0 Å². The molecular formula is C17H14ClN. The number of fused-ring (bicyclic) bond motifs is 1. The standard InChI is InChI=1S/C17H14ClN/c1-12-15(11-18)17(13-7-3-2-4-8-13)14-9-5-6-10-16(14)19-12/h2-10H,11H2,1H3. The molecule has 0 saturated carbocycles. The van der Waals surface area contributed by atoms with Crippen molar-refractivity contribution in [3.8, 4) is 11.1 Å². The van der Waals surface area contributed by atoms with Crippen molar-refractivity contribution >= 4 is 22.5 Å². The van der Waals surface area contributed by atoms with Crippen LogP contribution in [0.2, 0.25) is 0 Å². The summed E-state index contributed by atoms with van der Waals surface area (Å²) in [7, 11) is 0. The summed E-state index contributed by atoms with van der Waals surface area (Å²) in [5, 5.41) is 1.16. The van der Waals surface area contributed by atoms with Gasteiger partial charge in [-0.2, -0.15) is 0 Å². The van der Waals surface area contributed by atoms with E-state index in [-0.39, 0.29) is 0 Å². The Morgan fingerprint density at radius 3 is 2.37 bits per heavy atom. The predicted molar refractivity (Wildman–Crippen MR) is 81.5 cm³/mol. The average Bonchev–Trinajstić information content (AvgIpc) is 2.46. The summed E-state index contributed by atoms with van der Waals surface area (Å²) in [6.45, 7) is 2.02. The summed E-state index contributed by atoms with van der Waals surface area (Å²) >= 11 is 6.15. The minimum absolute atomic E-state index is 0.480. The number of alkyl halides is 1. The third kappa shape index (κ3) is 2.11. The fourth-order valence-electron chi connectivity index (χ4n) is 2.47. The third-order valence-corrected chi connectivity index (χ3v) is 3.66. The van der Waals surface area contributed by atoms with Crippen LogP contribution in [-0.2, 0) is 5.88 Å². The number of pyridine rings is 1. The van der Waals surface area contributed by atoms with E-state index in [1.54, 1.807) is 0 Å². The molecule has 0 saturated heterocycles. The van der Waals surface area contributed by atoms with E-state index in [4.69, 9.17) is 11.6 Å². The van der Waals surface area contributed by atoms with Gasteiger partial charge in [0.1, 0.15) is 0 Å². The van der Waals surface area contributed by atoms with E-state index in [0.717, 1.165) is 22.2 Å². The first-order chi connectivity index (χ1) is 9.31. The van der Waals surface area contributed by atoms with Crippen LogP contribution in [0, 0.1) is 6.92 Å². The number of rotatable bonds is 2. The van der Waals surface area contributed by atoms with Crippen LogP contribution in [0.15, 0.2) is 54.6 Å². The Hall–Kier alpha value is -1.86. The van der Waals surface area contributed by atoms with Crippen molar-refractivity contribution in [2.45, 2.75) is 12.8 Å². The first kappa shape index (κ1) is 12.2. The molecule has 1 nitrogen and oxygen atoms in total. The third-order valence-electron chi connectivity index (χ3n) is 3.40. The van der Waals surface area contributed by atoms with Crippen LogP contribution in [-0.4, -0.2) is 4.98 Å². The summed E-state index contributed by atoms with van der Waals surface area (Å²) in [6.07, 6.45) is 0. The van der Waals surface area contributed by atoms with E-state index in [1.165, 1.54) is 11.1 Å². The highest BCUT2D eigenvalue weighted by molar-refractivity contribution is 6.18. The van der Waals surface area contributed by atoms with Crippen molar-refractivity contribution in [1.82, 2.24) is 4.98 Å². The summed E-state index contributed by atoms with van der Waals surface area (Å²) in [5.74, 6) is 0.480. The smallest absolute Gasteiger partial charge is 0.0711 e. The molecule has 3 rings (SSSR count). The first-order valence-corrected chi connectivity index (χ1v) is 6.84. The van der Waals surface area contributed by atoms with Gasteiger partial charge in [0, 0.05) is 17.0 Å². The van der Waals surface area contributed by atoms with Crippen molar-refractivity contribution in [2.75, 3.05) is 0 Å². The molecule has 0 unspecified atom stereocenters. The zero-order valence-corrected chi connectivity index (χ0v) is 11.5. The molecule has 0 radical (unpaired) electrons. The minimum atomic E-state index is 0.480. The maximum atomic E-state index is 6.15. The zero-order chi connectivity index (χ0) is 13.2. The van der Waals surface area contributed by atoms with Gasteiger partial charge in [0.25, 0.3) is 0 Å². The fourth-order valence-corrected chi connectivity index (χ4v) is 2.80. The van der Waals surface area contributed by atoms with Gasteiger partial charge in [-0.3, -0.25) is 4.98 Å². The molecule has 0 spiro atoms.